The van der Waals surface area contributed by atoms with Crippen molar-refractivity contribution in [1.29, 1.82) is 0 Å². The van der Waals surface area contributed by atoms with Crippen molar-refractivity contribution in [2.24, 2.45) is 11.0 Å². The number of pyridine rings is 1. The van der Waals surface area contributed by atoms with Crippen molar-refractivity contribution in [3.8, 4) is 0 Å². The maximum Gasteiger partial charge on any atom is 0.259 e. The molecule has 30 heavy (non-hydrogen) atoms. The molecule has 2 atom stereocenters. The third-order valence-corrected chi connectivity index (χ3v) is 5.83. The summed E-state index contributed by atoms with van der Waals surface area (Å²) in [4.78, 5) is 24.5. The maximum absolute atomic E-state index is 13.0. The zero-order chi connectivity index (χ0) is 20.4. The molecule has 2 N–H and O–H groups in total. The highest BCUT2D eigenvalue weighted by Crippen LogP contribution is 2.32. The van der Waals surface area contributed by atoms with Gasteiger partial charge in [0.25, 0.3) is 5.56 Å². The fourth-order valence-electron chi connectivity index (χ4n) is 3.68. The predicted octanol–water partition coefficient (Wildman–Crippen LogP) is 2.78. The van der Waals surface area contributed by atoms with Crippen molar-refractivity contribution in [3.63, 3.8) is 0 Å². The lowest BCUT2D eigenvalue weighted by Crippen LogP contribution is -2.33. The van der Waals surface area contributed by atoms with E-state index in [2.05, 4.69) is 15.8 Å². The van der Waals surface area contributed by atoms with Crippen LogP contribution < -0.4 is 16.3 Å². The number of rotatable bonds is 4. The van der Waals surface area contributed by atoms with Crippen LogP contribution in [0, 0.1) is 5.92 Å². The van der Waals surface area contributed by atoms with Crippen molar-refractivity contribution in [3.05, 3.63) is 68.1 Å². The second-order valence-electron chi connectivity index (χ2n) is 7.08. The Kier molecular flexibility index (Phi) is 7.55. The minimum absolute atomic E-state index is 0. The van der Waals surface area contributed by atoms with E-state index < -0.39 is 0 Å². The van der Waals surface area contributed by atoms with Gasteiger partial charge in [-0.05, 0) is 29.8 Å². The third-order valence-electron chi connectivity index (χ3n) is 5.09. The summed E-state index contributed by atoms with van der Waals surface area (Å²) >= 11 is 12.3. The number of benzene rings is 1. The third kappa shape index (κ3) is 4.87. The Morgan fingerprint density at radius 2 is 2.03 bits per heavy atom. The van der Waals surface area contributed by atoms with E-state index in [9.17, 15) is 9.59 Å². The second-order valence-corrected chi connectivity index (χ2v) is 7.89. The van der Waals surface area contributed by atoms with Gasteiger partial charge >= 0.3 is 0 Å². The number of hydrazone groups is 1. The number of carbonyl (C=O) groups excluding carboxylic acids is 1. The number of ether oxygens (including phenoxy) is 1. The predicted molar refractivity (Wildman–Crippen MR) is 119 cm³/mol. The Balaban J connectivity index is 0.00000256. The first-order chi connectivity index (χ1) is 14.0. The van der Waals surface area contributed by atoms with Gasteiger partial charge in [0.1, 0.15) is 0 Å². The van der Waals surface area contributed by atoms with Crippen LogP contribution in [0.1, 0.15) is 23.7 Å². The van der Waals surface area contributed by atoms with E-state index in [0.717, 1.165) is 12.1 Å². The zero-order valence-electron chi connectivity index (χ0n) is 15.9. The van der Waals surface area contributed by atoms with Crippen LogP contribution in [0.5, 0.6) is 0 Å². The van der Waals surface area contributed by atoms with Gasteiger partial charge in [0, 0.05) is 31.7 Å². The molecule has 0 unspecified atom stereocenters. The number of aromatic nitrogens is 1. The molecule has 0 spiro atoms. The molecule has 7 nitrogen and oxygen atoms in total. The van der Waals surface area contributed by atoms with Crippen LogP contribution >= 0.6 is 35.6 Å². The van der Waals surface area contributed by atoms with Crippen LogP contribution in [0.2, 0.25) is 10.0 Å². The van der Waals surface area contributed by atoms with Crippen LogP contribution in [-0.4, -0.2) is 35.9 Å². The molecule has 3 heterocycles. The molecule has 0 aliphatic carbocycles. The van der Waals surface area contributed by atoms with Gasteiger partial charge in [-0.25, -0.2) is 5.43 Å². The molecule has 1 fully saturated rings. The Hall–Kier alpha value is -1.90. The Morgan fingerprint density at radius 3 is 2.77 bits per heavy atom. The molecule has 4 rings (SSSR count). The van der Waals surface area contributed by atoms with Gasteiger partial charge in [0.05, 0.1) is 40.5 Å². The summed E-state index contributed by atoms with van der Waals surface area (Å²) in [6.07, 6.45) is 1.62. The number of hydrogen-bond donors (Lipinski definition) is 2. The molecule has 0 bridgehead atoms. The lowest BCUT2D eigenvalue weighted by Gasteiger charge is -2.26. The smallest absolute Gasteiger partial charge is 0.259 e. The highest BCUT2D eigenvalue weighted by atomic mass is 35.5. The summed E-state index contributed by atoms with van der Waals surface area (Å²) in [5, 5.41) is 8.29. The van der Waals surface area contributed by atoms with Crippen LogP contribution in [-0.2, 0) is 16.1 Å². The number of amides is 1. The first kappa shape index (κ1) is 22.8. The molecule has 2 aliphatic heterocycles. The highest BCUT2D eigenvalue weighted by molar-refractivity contribution is 6.42. The summed E-state index contributed by atoms with van der Waals surface area (Å²) in [5.74, 6) is -0.219. The normalized spacial score (nSPS) is 21.4. The van der Waals surface area contributed by atoms with Crippen LogP contribution in [0.25, 0.3) is 0 Å². The Morgan fingerprint density at radius 1 is 1.20 bits per heavy atom. The van der Waals surface area contributed by atoms with Crippen molar-refractivity contribution in [2.75, 3.05) is 19.7 Å². The van der Waals surface area contributed by atoms with Crippen molar-refractivity contribution >= 4 is 47.2 Å². The number of halogens is 3. The Bertz CT molecular complexity index is 1020. The Labute approximate surface area is 189 Å². The van der Waals surface area contributed by atoms with Gasteiger partial charge in [-0.2, -0.15) is 5.10 Å². The summed E-state index contributed by atoms with van der Waals surface area (Å²) in [5.41, 5.74) is 4.03. The van der Waals surface area contributed by atoms with Gasteiger partial charge in [0.15, 0.2) is 0 Å². The second kappa shape index (κ2) is 9.94. The van der Waals surface area contributed by atoms with Gasteiger partial charge < -0.3 is 14.6 Å². The van der Waals surface area contributed by atoms with Crippen molar-refractivity contribution in [1.82, 2.24) is 15.3 Å². The molecule has 1 aromatic heterocycles. The molecule has 1 aromatic carbocycles. The summed E-state index contributed by atoms with van der Waals surface area (Å²) in [7, 11) is 0. The van der Waals surface area contributed by atoms with E-state index in [1.54, 1.807) is 29.0 Å². The molecule has 1 amide bonds. The minimum Gasteiger partial charge on any atom is -0.372 e. The van der Waals surface area contributed by atoms with Crippen molar-refractivity contribution < 1.29 is 9.53 Å². The molecule has 10 heteroatoms. The summed E-state index contributed by atoms with van der Waals surface area (Å²) in [6.45, 7) is 2.41. The zero-order valence-corrected chi connectivity index (χ0v) is 18.3. The topological polar surface area (TPSA) is 84.7 Å². The number of nitrogens with zero attached hydrogens (tertiary/aromatic N) is 2. The number of hydrogen-bond acceptors (Lipinski definition) is 5. The summed E-state index contributed by atoms with van der Waals surface area (Å²) in [6, 6.07) is 8.96. The fraction of sp³-hybridized carbons (Fsp3) is 0.350. The lowest BCUT2D eigenvalue weighted by atomic mass is 9.95. The molecule has 2 aromatic rings. The van der Waals surface area contributed by atoms with E-state index in [1.807, 2.05) is 12.1 Å². The number of nitrogens with one attached hydrogen (secondary N) is 2. The first-order valence-corrected chi connectivity index (χ1v) is 10.1. The summed E-state index contributed by atoms with van der Waals surface area (Å²) < 4.78 is 7.74. The van der Waals surface area contributed by atoms with Crippen molar-refractivity contribution in [2.45, 2.75) is 19.1 Å². The average molecular weight is 472 g/mol. The highest BCUT2D eigenvalue weighted by Gasteiger charge is 2.28. The van der Waals surface area contributed by atoms with E-state index in [1.165, 1.54) is 0 Å². The fourth-order valence-corrected chi connectivity index (χ4v) is 3.98. The number of carbonyl (C=O) groups is 1. The molecule has 1 saturated heterocycles. The first-order valence-electron chi connectivity index (χ1n) is 9.35. The van der Waals surface area contributed by atoms with Gasteiger partial charge in [-0.15, -0.1) is 12.4 Å². The average Bonchev–Trinajstić information content (AvgIpc) is 3.00. The lowest BCUT2D eigenvalue weighted by molar-refractivity contribution is -0.119. The van der Waals surface area contributed by atoms with E-state index in [4.69, 9.17) is 27.9 Å². The standard InChI is InChI=1S/C20H20Cl2N4O3.ClH/c21-15-4-3-12(8-16(15)22)19-13(10-23-5-7-29-19)11-26-6-1-2-14(20(26)28)17-9-18(27)25-24-17;/h1-4,6,8,13,19,23H,5,7,9-11H2,(H,25,27);1H/t13-,19-;/m0./s1. The van der Waals surface area contributed by atoms with E-state index in [0.29, 0.717) is 41.0 Å². The molecular formula is C20H21Cl3N4O3. The van der Waals surface area contributed by atoms with Crippen LogP contribution in [0.3, 0.4) is 0 Å². The SMILES string of the molecule is Cl.O=C1CC(c2cccn(C[C@@H]3CNCCO[C@H]3c3ccc(Cl)c(Cl)c3)c2=O)=NN1. The molecule has 0 radical (unpaired) electrons. The molecular weight excluding hydrogens is 451 g/mol. The molecule has 160 valence electrons. The maximum atomic E-state index is 13.0. The van der Waals surface area contributed by atoms with Gasteiger partial charge in [0.2, 0.25) is 5.91 Å². The largest absolute Gasteiger partial charge is 0.372 e. The van der Waals surface area contributed by atoms with Crippen LogP contribution in [0.15, 0.2) is 46.4 Å². The van der Waals surface area contributed by atoms with Gasteiger partial charge in [-0.3, -0.25) is 9.59 Å². The minimum atomic E-state index is -0.234. The van der Waals surface area contributed by atoms with Crippen LogP contribution in [0.4, 0.5) is 0 Å². The van der Waals surface area contributed by atoms with E-state index in [-0.39, 0.29) is 42.3 Å². The van der Waals surface area contributed by atoms with Gasteiger partial charge in [-0.1, -0.05) is 29.3 Å². The monoisotopic (exact) mass is 470 g/mol. The molecule has 0 saturated carbocycles. The molecule has 2 aliphatic rings. The quantitative estimate of drug-likeness (QED) is 0.718. The van der Waals surface area contributed by atoms with E-state index >= 15 is 0 Å².